The van der Waals surface area contributed by atoms with Crippen LogP contribution in [0.4, 0.5) is 0 Å². The molecule has 1 N–H and O–H groups in total. The molecule has 0 radical (unpaired) electrons. The molecule has 6 heteroatoms. The van der Waals surface area contributed by atoms with Crippen molar-refractivity contribution in [3.8, 4) is 0 Å². The highest BCUT2D eigenvalue weighted by Crippen LogP contribution is 2.32. The van der Waals surface area contributed by atoms with Crippen LogP contribution in [0.3, 0.4) is 0 Å². The topological polar surface area (TPSA) is 63.1 Å². The monoisotopic (exact) mass is 324 g/mol. The molecule has 0 aliphatic rings. The van der Waals surface area contributed by atoms with E-state index in [1.165, 1.54) is 11.8 Å². The Bertz CT molecular complexity index is 604. The van der Waals surface area contributed by atoms with Crippen LogP contribution in [0.25, 0.3) is 0 Å². The zero-order valence-electron chi connectivity index (χ0n) is 9.42. The van der Waals surface area contributed by atoms with Crippen LogP contribution in [0.5, 0.6) is 0 Å². The van der Waals surface area contributed by atoms with Gasteiger partial charge in [-0.1, -0.05) is 0 Å². The summed E-state index contributed by atoms with van der Waals surface area (Å²) in [6.07, 6.45) is 1.66. The maximum atomic E-state index is 11.1. The number of hydrogen-bond acceptors (Lipinski definition) is 4. The zero-order chi connectivity index (χ0) is 13.1. The fraction of sp³-hybridized carbons (Fsp3) is 0.0833. The molecule has 0 atom stereocenters. The number of aromatic carboxylic acids is 1. The molecule has 18 heavy (non-hydrogen) atoms. The lowest BCUT2D eigenvalue weighted by Gasteiger charge is -2.06. The second-order valence-corrected chi connectivity index (χ2v) is 5.33. The standard InChI is InChI=1S/C12H9BrN2O2S/c1-7-4-5-8(12(16)17)10(15-7)18-11-9(13)3-2-6-14-11/h2-6H,1H3,(H,16,17). The van der Waals surface area contributed by atoms with Gasteiger partial charge in [-0.15, -0.1) is 0 Å². The molecular weight excluding hydrogens is 316 g/mol. The Morgan fingerprint density at radius 2 is 2.11 bits per heavy atom. The molecule has 2 aromatic rings. The van der Waals surface area contributed by atoms with Gasteiger partial charge >= 0.3 is 5.97 Å². The van der Waals surface area contributed by atoms with Gasteiger partial charge in [0.25, 0.3) is 0 Å². The number of nitrogens with zero attached hydrogens (tertiary/aromatic N) is 2. The number of rotatable bonds is 3. The molecule has 2 rings (SSSR count). The number of carboxylic acids is 1. The number of aryl methyl sites for hydroxylation is 1. The van der Waals surface area contributed by atoms with Gasteiger partial charge in [0, 0.05) is 11.9 Å². The van der Waals surface area contributed by atoms with E-state index in [9.17, 15) is 4.79 Å². The maximum absolute atomic E-state index is 11.1. The molecule has 0 amide bonds. The van der Waals surface area contributed by atoms with E-state index < -0.39 is 5.97 Å². The predicted octanol–water partition coefficient (Wildman–Crippen LogP) is 3.40. The Hall–Kier alpha value is -1.40. The second-order valence-electron chi connectivity index (χ2n) is 3.50. The Morgan fingerprint density at radius 1 is 1.33 bits per heavy atom. The molecule has 0 aliphatic carbocycles. The van der Waals surface area contributed by atoms with Crippen molar-refractivity contribution in [1.29, 1.82) is 0 Å². The Kier molecular flexibility index (Phi) is 3.98. The fourth-order valence-electron chi connectivity index (χ4n) is 1.31. The highest BCUT2D eigenvalue weighted by atomic mass is 79.9. The lowest BCUT2D eigenvalue weighted by atomic mass is 10.2. The molecule has 0 saturated carbocycles. The molecule has 2 heterocycles. The molecular formula is C12H9BrN2O2S. The fourth-order valence-corrected chi connectivity index (χ4v) is 2.73. The highest BCUT2D eigenvalue weighted by molar-refractivity contribution is 9.10. The highest BCUT2D eigenvalue weighted by Gasteiger charge is 2.14. The Labute approximate surface area is 117 Å². The molecule has 0 bridgehead atoms. The number of carbonyl (C=O) groups is 1. The first-order valence-corrected chi connectivity index (χ1v) is 6.68. The summed E-state index contributed by atoms with van der Waals surface area (Å²) >= 11 is 4.61. The number of hydrogen-bond donors (Lipinski definition) is 1. The summed E-state index contributed by atoms with van der Waals surface area (Å²) in [5.74, 6) is -0.989. The molecule has 4 nitrogen and oxygen atoms in total. The van der Waals surface area contributed by atoms with Crippen molar-refractivity contribution in [1.82, 2.24) is 9.97 Å². The van der Waals surface area contributed by atoms with Gasteiger partial charge in [0.05, 0.1) is 10.0 Å². The van der Waals surface area contributed by atoms with Crippen LogP contribution in [0.15, 0.2) is 45.0 Å². The average Bonchev–Trinajstić information content (AvgIpc) is 2.32. The first kappa shape index (κ1) is 13.0. The van der Waals surface area contributed by atoms with Gasteiger partial charge in [0.15, 0.2) is 0 Å². The summed E-state index contributed by atoms with van der Waals surface area (Å²) in [6.45, 7) is 1.82. The van der Waals surface area contributed by atoms with Crippen molar-refractivity contribution >= 4 is 33.7 Å². The van der Waals surface area contributed by atoms with Gasteiger partial charge < -0.3 is 5.11 Å². The van der Waals surface area contributed by atoms with E-state index in [2.05, 4.69) is 25.9 Å². The smallest absolute Gasteiger partial charge is 0.338 e. The van der Waals surface area contributed by atoms with Crippen molar-refractivity contribution in [3.63, 3.8) is 0 Å². The summed E-state index contributed by atoms with van der Waals surface area (Å²) in [5, 5.41) is 10.3. The van der Waals surface area contributed by atoms with Crippen molar-refractivity contribution in [2.24, 2.45) is 0 Å². The van der Waals surface area contributed by atoms with Crippen LogP contribution in [0.1, 0.15) is 16.1 Å². The first-order valence-electron chi connectivity index (χ1n) is 5.07. The van der Waals surface area contributed by atoms with Gasteiger partial charge in [-0.2, -0.15) is 0 Å². The molecule has 0 aliphatic heterocycles. The van der Waals surface area contributed by atoms with Gasteiger partial charge in [0.1, 0.15) is 10.1 Å². The summed E-state index contributed by atoms with van der Waals surface area (Å²) in [7, 11) is 0. The lowest BCUT2D eigenvalue weighted by Crippen LogP contribution is -2.01. The van der Waals surface area contributed by atoms with Crippen molar-refractivity contribution < 1.29 is 9.90 Å². The molecule has 0 aromatic carbocycles. The molecule has 0 unspecified atom stereocenters. The predicted molar refractivity (Wildman–Crippen MR) is 72.0 cm³/mol. The van der Waals surface area contributed by atoms with E-state index in [1.807, 2.05) is 13.0 Å². The zero-order valence-corrected chi connectivity index (χ0v) is 11.8. The lowest BCUT2D eigenvalue weighted by molar-refractivity contribution is 0.0692. The number of aromatic nitrogens is 2. The largest absolute Gasteiger partial charge is 0.478 e. The van der Waals surface area contributed by atoms with Gasteiger partial charge in [-0.05, 0) is 58.9 Å². The van der Waals surface area contributed by atoms with E-state index >= 15 is 0 Å². The molecule has 0 saturated heterocycles. The summed E-state index contributed by atoms with van der Waals surface area (Å²) in [6, 6.07) is 6.90. The first-order chi connectivity index (χ1) is 8.58. The van der Waals surface area contributed by atoms with Crippen LogP contribution >= 0.6 is 27.7 Å². The SMILES string of the molecule is Cc1ccc(C(=O)O)c(Sc2ncccc2Br)n1. The third kappa shape index (κ3) is 2.88. The average molecular weight is 325 g/mol. The van der Waals surface area contributed by atoms with Crippen LogP contribution in [-0.4, -0.2) is 21.0 Å². The third-order valence-corrected chi connectivity index (χ3v) is 4.07. The van der Waals surface area contributed by atoms with Gasteiger partial charge in [-0.25, -0.2) is 14.8 Å². The van der Waals surface area contributed by atoms with Crippen molar-refractivity contribution in [2.75, 3.05) is 0 Å². The summed E-state index contributed by atoms with van der Waals surface area (Å²) < 4.78 is 0.814. The van der Waals surface area contributed by atoms with E-state index in [0.29, 0.717) is 10.1 Å². The minimum absolute atomic E-state index is 0.183. The van der Waals surface area contributed by atoms with E-state index in [0.717, 1.165) is 10.2 Å². The summed E-state index contributed by atoms with van der Waals surface area (Å²) in [4.78, 5) is 19.6. The number of pyridine rings is 2. The van der Waals surface area contributed by atoms with E-state index in [-0.39, 0.29) is 5.56 Å². The minimum atomic E-state index is -0.989. The second kappa shape index (κ2) is 5.49. The number of halogens is 1. The van der Waals surface area contributed by atoms with Crippen molar-refractivity contribution in [2.45, 2.75) is 17.0 Å². The van der Waals surface area contributed by atoms with Gasteiger partial charge in [0.2, 0.25) is 0 Å². The quantitative estimate of drug-likeness (QED) is 0.937. The van der Waals surface area contributed by atoms with Crippen LogP contribution in [0, 0.1) is 6.92 Å². The molecule has 0 spiro atoms. The molecule has 0 fully saturated rings. The molecule has 2 aromatic heterocycles. The normalized spacial score (nSPS) is 10.3. The Morgan fingerprint density at radius 3 is 2.78 bits per heavy atom. The maximum Gasteiger partial charge on any atom is 0.338 e. The van der Waals surface area contributed by atoms with E-state index in [4.69, 9.17) is 5.11 Å². The summed E-state index contributed by atoms with van der Waals surface area (Å²) in [5.41, 5.74) is 0.956. The van der Waals surface area contributed by atoms with Gasteiger partial charge in [-0.3, -0.25) is 0 Å². The third-order valence-electron chi connectivity index (χ3n) is 2.15. The van der Waals surface area contributed by atoms with Crippen LogP contribution in [-0.2, 0) is 0 Å². The van der Waals surface area contributed by atoms with Crippen LogP contribution in [0.2, 0.25) is 0 Å². The van der Waals surface area contributed by atoms with Crippen LogP contribution < -0.4 is 0 Å². The minimum Gasteiger partial charge on any atom is -0.478 e. The Balaban J connectivity index is 2.42. The molecule has 92 valence electrons. The van der Waals surface area contributed by atoms with E-state index in [1.54, 1.807) is 24.4 Å². The number of carboxylic acid groups (broad SMARTS) is 1. The van der Waals surface area contributed by atoms with Crippen molar-refractivity contribution in [3.05, 3.63) is 46.2 Å².